The Hall–Kier alpha value is -1.50. The predicted octanol–water partition coefficient (Wildman–Crippen LogP) is 4.79. The average Bonchev–Trinajstić information content (AvgIpc) is 3.40. The molecule has 1 saturated carbocycles. The molecule has 33 heavy (non-hydrogen) atoms. The first kappa shape index (κ1) is 24.6. The molecule has 0 spiro atoms. The molecule has 1 saturated heterocycles. The molecule has 176 valence electrons. The number of nitrogens with one attached hydrogen (secondary N) is 3. The molecule has 0 aromatic heterocycles. The van der Waals surface area contributed by atoms with Gasteiger partial charge in [0.25, 0.3) is 0 Å². The van der Waals surface area contributed by atoms with E-state index in [1.165, 1.54) is 0 Å². The van der Waals surface area contributed by atoms with Gasteiger partial charge in [-0.3, -0.25) is 9.59 Å². The minimum Gasteiger partial charge on any atom is -0.354 e. The molecule has 0 bridgehead atoms. The number of benzene rings is 2. The van der Waals surface area contributed by atoms with E-state index in [0.717, 1.165) is 30.6 Å². The minimum absolute atomic E-state index is 0.223. The number of hydrogen-bond acceptors (Lipinski definition) is 3. The fourth-order valence-corrected chi connectivity index (χ4v) is 5.37. The molecule has 0 radical (unpaired) electrons. The van der Waals surface area contributed by atoms with E-state index in [9.17, 15) is 9.59 Å². The summed E-state index contributed by atoms with van der Waals surface area (Å²) in [5.74, 6) is -0.0779. The van der Waals surface area contributed by atoms with Gasteiger partial charge in [-0.15, -0.1) is 0 Å². The van der Waals surface area contributed by atoms with Crippen molar-refractivity contribution in [2.45, 2.75) is 37.1 Å². The Labute approximate surface area is 213 Å². The smallest absolute Gasteiger partial charge is 0.242 e. The van der Waals surface area contributed by atoms with Crippen molar-refractivity contribution < 1.29 is 9.59 Å². The van der Waals surface area contributed by atoms with Gasteiger partial charge in [-0.2, -0.15) is 0 Å². The van der Waals surface area contributed by atoms with Crippen molar-refractivity contribution in [1.29, 1.82) is 0 Å². The summed E-state index contributed by atoms with van der Waals surface area (Å²) in [7, 11) is 0. The molecule has 1 aliphatic carbocycles. The van der Waals surface area contributed by atoms with Gasteiger partial charge in [-0.25, -0.2) is 0 Å². The summed E-state index contributed by atoms with van der Waals surface area (Å²) in [6, 6.07) is 9.50. The highest BCUT2D eigenvalue weighted by atomic mass is 35.5. The Morgan fingerprint density at radius 1 is 1.03 bits per heavy atom. The molecule has 2 aliphatic rings. The summed E-state index contributed by atoms with van der Waals surface area (Å²) in [4.78, 5) is 26.6. The van der Waals surface area contributed by atoms with Gasteiger partial charge in [0.2, 0.25) is 11.8 Å². The van der Waals surface area contributed by atoms with Crippen molar-refractivity contribution >= 4 is 58.2 Å². The van der Waals surface area contributed by atoms with Crippen LogP contribution < -0.4 is 16.0 Å². The first-order valence-corrected chi connectivity index (χ1v) is 12.5. The van der Waals surface area contributed by atoms with Crippen LogP contribution in [-0.4, -0.2) is 37.5 Å². The van der Waals surface area contributed by atoms with E-state index >= 15 is 0 Å². The van der Waals surface area contributed by atoms with Crippen molar-refractivity contribution in [3.63, 3.8) is 0 Å². The molecule has 2 amide bonds. The van der Waals surface area contributed by atoms with Crippen LogP contribution in [0.4, 0.5) is 0 Å². The van der Waals surface area contributed by atoms with Gasteiger partial charge in [0, 0.05) is 33.1 Å². The molecule has 2 aromatic carbocycles. The molecule has 2 atom stereocenters. The van der Waals surface area contributed by atoms with Gasteiger partial charge >= 0.3 is 0 Å². The topological polar surface area (TPSA) is 70.2 Å². The van der Waals surface area contributed by atoms with Crippen molar-refractivity contribution in [2.75, 3.05) is 19.6 Å². The third-order valence-electron chi connectivity index (χ3n) is 6.42. The fraction of sp³-hybridized carbons (Fsp3) is 0.417. The Kier molecular flexibility index (Phi) is 7.76. The maximum Gasteiger partial charge on any atom is 0.242 e. The molecule has 5 nitrogen and oxygen atoms in total. The molecule has 3 N–H and O–H groups in total. The largest absolute Gasteiger partial charge is 0.354 e. The number of carbonyl (C=O) groups is 2. The number of carbonyl (C=O) groups excluding carboxylic acids is 2. The summed E-state index contributed by atoms with van der Waals surface area (Å²) in [6.45, 7) is 2.38. The number of halogens is 4. The molecule has 4 rings (SSSR count). The average molecular weight is 529 g/mol. The second-order valence-corrected chi connectivity index (χ2v) is 10.5. The second-order valence-electron chi connectivity index (χ2n) is 8.78. The van der Waals surface area contributed by atoms with Crippen LogP contribution in [-0.2, 0) is 21.4 Å². The highest BCUT2D eigenvalue weighted by Gasteiger charge is 2.53. The van der Waals surface area contributed by atoms with Crippen molar-refractivity contribution in [3.8, 4) is 0 Å². The van der Waals surface area contributed by atoms with Crippen LogP contribution in [0.15, 0.2) is 36.4 Å². The second kappa shape index (κ2) is 10.4. The standard InChI is InChI=1S/C24H25Cl4N3O2/c25-16-2-1-15(19(27)10-16)9-21(22(32)30-13-14-5-8-29-12-14)31-23(33)24(6-7-24)18-4-3-17(26)11-20(18)28/h1-4,10-11,14,21,29H,5-9,12-13H2,(H,30,32)(H,31,33)/t14-,21+/m1/s1. The molecule has 9 heteroatoms. The van der Waals surface area contributed by atoms with E-state index in [0.29, 0.717) is 45.4 Å². The molecule has 2 fully saturated rings. The Morgan fingerprint density at radius 2 is 1.73 bits per heavy atom. The third-order valence-corrected chi connectivity index (χ3v) is 7.55. The number of rotatable bonds is 8. The molecular weight excluding hydrogens is 504 g/mol. The molecule has 2 aromatic rings. The van der Waals surface area contributed by atoms with E-state index < -0.39 is 11.5 Å². The van der Waals surface area contributed by atoms with E-state index in [2.05, 4.69) is 16.0 Å². The maximum atomic E-state index is 13.4. The van der Waals surface area contributed by atoms with Gasteiger partial charge in [0.05, 0.1) is 5.41 Å². The lowest BCUT2D eigenvalue weighted by Gasteiger charge is -2.24. The highest BCUT2D eigenvalue weighted by Crippen LogP contribution is 2.51. The Morgan fingerprint density at radius 3 is 2.33 bits per heavy atom. The van der Waals surface area contributed by atoms with Crippen LogP contribution in [0, 0.1) is 5.92 Å². The quantitative estimate of drug-likeness (QED) is 0.461. The Bertz CT molecular complexity index is 1050. The first-order valence-electron chi connectivity index (χ1n) is 11.0. The molecule has 1 heterocycles. The van der Waals surface area contributed by atoms with E-state index in [1.54, 1.807) is 36.4 Å². The summed E-state index contributed by atoms with van der Waals surface area (Å²) in [5, 5.41) is 11.2. The summed E-state index contributed by atoms with van der Waals surface area (Å²) in [6.07, 6.45) is 2.58. The van der Waals surface area contributed by atoms with Gasteiger partial charge < -0.3 is 16.0 Å². The minimum atomic E-state index is -0.783. The molecule has 0 unspecified atom stereocenters. The van der Waals surface area contributed by atoms with E-state index in [4.69, 9.17) is 46.4 Å². The van der Waals surface area contributed by atoms with E-state index in [1.807, 2.05) is 0 Å². The fourth-order valence-electron chi connectivity index (χ4n) is 4.29. The van der Waals surface area contributed by atoms with Gasteiger partial charge in [-0.05, 0) is 73.7 Å². The molecular formula is C24H25Cl4N3O2. The summed E-state index contributed by atoms with van der Waals surface area (Å²) >= 11 is 24.8. The van der Waals surface area contributed by atoms with Crippen LogP contribution in [0.2, 0.25) is 20.1 Å². The SMILES string of the molecule is O=C(NC[C@@H]1CCNC1)[C@H](Cc1ccc(Cl)cc1Cl)NC(=O)C1(c2ccc(Cl)cc2Cl)CC1. The van der Waals surface area contributed by atoms with Gasteiger partial charge in [0.15, 0.2) is 0 Å². The van der Waals surface area contributed by atoms with Crippen molar-refractivity contribution in [1.82, 2.24) is 16.0 Å². The monoisotopic (exact) mass is 527 g/mol. The zero-order valence-corrected chi connectivity index (χ0v) is 20.9. The van der Waals surface area contributed by atoms with Crippen LogP contribution in [0.1, 0.15) is 30.4 Å². The van der Waals surface area contributed by atoms with E-state index in [-0.39, 0.29) is 18.2 Å². The summed E-state index contributed by atoms with van der Waals surface area (Å²) in [5.41, 5.74) is 0.713. The zero-order chi connectivity index (χ0) is 23.6. The predicted molar refractivity (Wildman–Crippen MR) is 133 cm³/mol. The maximum absolute atomic E-state index is 13.4. The van der Waals surface area contributed by atoms with Crippen LogP contribution >= 0.6 is 46.4 Å². The third kappa shape index (κ3) is 5.77. The van der Waals surface area contributed by atoms with Gasteiger partial charge in [0.1, 0.15) is 6.04 Å². The Balaban J connectivity index is 1.52. The highest BCUT2D eigenvalue weighted by molar-refractivity contribution is 6.35. The van der Waals surface area contributed by atoms with Crippen LogP contribution in [0.5, 0.6) is 0 Å². The first-order chi connectivity index (χ1) is 15.8. The zero-order valence-electron chi connectivity index (χ0n) is 17.9. The lowest BCUT2D eigenvalue weighted by molar-refractivity contribution is -0.130. The normalized spacial score (nSPS) is 19.7. The number of amides is 2. The van der Waals surface area contributed by atoms with Gasteiger partial charge in [-0.1, -0.05) is 58.5 Å². The number of hydrogen-bond donors (Lipinski definition) is 3. The summed E-state index contributed by atoms with van der Waals surface area (Å²) < 4.78 is 0. The lowest BCUT2D eigenvalue weighted by atomic mass is 9.94. The van der Waals surface area contributed by atoms with Crippen LogP contribution in [0.25, 0.3) is 0 Å². The van der Waals surface area contributed by atoms with Crippen molar-refractivity contribution in [3.05, 3.63) is 67.6 Å². The lowest BCUT2D eigenvalue weighted by Crippen LogP contribution is -2.51. The van der Waals surface area contributed by atoms with Crippen molar-refractivity contribution in [2.24, 2.45) is 5.92 Å². The molecule has 1 aliphatic heterocycles. The van der Waals surface area contributed by atoms with Crippen LogP contribution in [0.3, 0.4) is 0 Å².